The molecule has 0 fully saturated rings. The zero-order valence-corrected chi connectivity index (χ0v) is 21.3. The van der Waals surface area contributed by atoms with Gasteiger partial charge in [-0.05, 0) is 50.5 Å². The van der Waals surface area contributed by atoms with Crippen LogP contribution in [-0.4, -0.2) is 20.4 Å². The summed E-state index contributed by atoms with van der Waals surface area (Å²) in [6, 6.07) is 5.93. The fraction of sp³-hybridized carbons (Fsp3) is 0.304. The minimum Gasteiger partial charge on any atom is -0.290 e. The minimum atomic E-state index is -0.0785. The molecule has 0 N–H and O–H groups in total. The van der Waals surface area contributed by atoms with E-state index < -0.39 is 0 Å². The molecule has 166 valence electrons. The largest absolute Gasteiger partial charge is 0.290 e. The standard InChI is InChI=1S/C23H24N4O2S3/c1-12-8-7-9-18(13(12)2)27(16(5)28)23-24-17(11-31-23)10-30-22-25-20-19(21(29)26(22)6)14(3)15(4)32-20/h7-9,11H,10H2,1-6H3. The molecule has 4 rings (SSSR count). The van der Waals surface area contributed by atoms with Crippen LogP contribution in [0.4, 0.5) is 10.8 Å². The molecule has 0 aliphatic carbocycles. The van der Waals surface area contributed by atoms with Gasteiger partial charge in [-0.2, -0.15) is 0 Å². The Bertz CT molecular complexity index is 1400. The van der Waals surface area contributed by atoms with Crippen LogP contribution in [0.15, 0.2) is 33.5 Å². The highest BCUT2D eigenvalue weighted by atomic mass is 32.2. The first-order chi connectivity index (χ1) is 15.2. The molecule has 3 aromatic heterocycles. The van der Waals surface area contributed by atoms with Crippen molar-refractivity contribution in [1.29, 1.82) is 0 Å². The number of aryl methyl sites for hydroxylation is 3. The van der Waals surface area contributed by atoms with Crippen molar-refractivity contribution < 1.29 is 4.79 Å². The van der Waals surface area contributed by atoms with Gasteiger partial charge in [0.15, 0.2) is 10.3 Å². The predicted octanol–water partition coefficient (Wildman–Crippen LogP) is 5.66. The number of nitrogens with zero attached hydrogens (tertiary/aromatic N) is 4. The summed E-state index contributed by atoms with van der Waals surface area (Å²) in [6.07, 6.45) is 0. The highest BCUT2D eigenvalue weighted by Crippen LogP contribution is 2.34. The van der Waals surface area contributed by atoms with Crippen LogP contribution in [0.3, 0.4) is 0 Å². The van der Waals surface area contributed by atoms with E-state index in [0.717, 1.165) is 37.8 Å². The number of carbonyl (C=O) groups is 1. The van der Waals surface area contributed by atoms with E-state index in [9.17, 15) is 9.59 Å². The van der Waals surface area contributed by atoms with Crippen molar-refractivity contribution in [2.75, 3.05) is 4.90 Å². The molecule has 0 saturated carbocycles. The lowest BCUT2D eigenvalue weighted by Gasteiger charge is -2.21. The fourth-order valence-corrected chi connectivity index (χ4v) is 6.39. The Balaban J connectivity index is 1.61. The zero-order chi connectivity index (χ0) is 23.2. The summed E-state index contributed by atoms with van der Waals surface area (Å²) < 4.78 is 1.61. The lowest BCUT2D eigenvalue weighted by atomic mass is 10.1. The zero-order valence-electron chi connectivity index (χ0n) is 18.8. The molecular weight excluding hydrogens is 460 g/mol. The highest BCUT2D eigenvalue weighted by Gasteiger charge is 2.21. The molecule has 0 aliphatic rings. The molecule has 1 amide bonds. The van der Waals surface area contributed by atoms with Crippen LogP contribution in [0, 0.1) is 27.7 Å². The molecule has 1 aromatic carbocycles. The fourth-order valence-electron chi connectivity index (χ4n) is 3.47. The van der Waals surface area contributed by atoms with E-state index in [0.29, 0.717) is 21.4 Å². The van der Waals surface area contributed by atoms with E-state index in [2.05, 4.69) is 0 Å². The average Bonchev–Trinajstić information content (AvgIpc) is 3.31. The Morgan fingerprint density at radius 2 is 1.91 bits per heavy atom. The Morgan fingerprint density at radius 1 is 1.16 bits per heavy atom. The molecule has 9 heteroatoms. The second-order valence-electron chi connectivity index (χ2n) is 7.71. The second kappa shape index (κ2) is 8.80. The van der Waals surface area contributed by atoms with Crippen molar-refractivity contribution >= 4 is 61.4 Å². The number of thiophene rings is 1. The third kappa shape index (κ3) is 4.00. The molecule has 6 nitrogen and oxygen atoms in total. The third-order valence-corrected chi connectivity index (χ3v) is 8.62. The van der Waals surface area contributed by atoms with Crippen molar-refractivity contribution in [3.8, 4) is 0 Å². The summed E-state index contributed by atoms with van der Waals surface area (Å²) in [5.74, 6) is 0.481. The van der Waals surface area contributed by atoms with Crippen LogP contribution in [0.2, 0.25) is 0 Å². The van der Waals surface area contributed by atoms with Crippen LogP contribution in [0.25, 0.3) is 10.2 Å². The second-order valence-corrected chi connectivity index (χ2v) is 10.7. The lowest BCUT2D eigenvalue weighted by Crippen LogP contribution is -2.23. The maximum atomic E-state index is 12.8. The molecule has 3 heterocycles. The van der Waals surface area contributed by atoms with Gasteiger partial charge in [0.2, 0.25) is 5.91 Å². The number of hydrogen-bond donors (Lipinski definition) is 0. The number of thioether (sulfide) groups is 1. The van der Waals surface area contributed by atoms with Gasteiger partial charge in [0.05, 0.1) is 16.8 Å². The molecule has 0 aliphatic heterocycles. The van der Waals surface area contributed by atoms with E-state index in [1.807, 2.05) is 51.3 Å². The van der Waals surface area contributed by atoms with E-state index in [-0.39, 0.29) is 11.5 Å². The van der Waals surface area contributed by atoms with Gasteiger partial charge in [0.25, 0.3) is 5.56 Å². The number of fused-ring (bicyclic) bond motifs is 1. The summed E-state index contributed by atoms with van der Waals surface area (Å²) in [5.41, 5.74) is 4.87. The molecule has 0 spiro atoms. The van der Waals surface area contributed by atoms with Crippen molar-refractivity contribution in [3.63, 3.8) is 0 Å². The van der Waals surface area contributed by atoms with Crippen LogP contribution < -0.4 is 10.5 Å². The van der Waals surface area contributed by atoms with E-state index in [1.165, 1.54) is 23.1 Å². The highest BCUT2D eigenvalue weighted by molar-refractivity contribution is 7.98. The number of carbonyl (C=O) groups excluding carboxylic acids is 1. The van der Waals surface area contributed by atoms with Crippen LogP contribution in [0.1, 0.15) is 34.2 Å². The van der Waals surface area contributed by atoms with Gasteiger partial charge in [-0.15, -0.1) is 22.7 Å². The SMILES string of the molecule is CC(=O)N(c1nc(CSc2nc3sc(C)c(C)c3c(=O)n2C)cs1)c1cccc(C)c1C. The van der Waals surface area contributed by atoms with Gasteiger partial charge < -0.3 is 0 Å². The van der Waals surface area contributed by atoms with Gasteiger partial charge in [-0.1, -0.05) is 23.9 Å². The monoisotopic (exact) mass is 484 g/mol. The molecule has 0 radical (unpaired) electrons. The van der Waals surface area contributed by atoms with E-state index >= 15 is 0 Å². The third-order valence-electron chi connectivity index (χ3n) is 5.58. The number of hydrogen-bond acceptors (Lipinski definition) is 7. The topological polar surface area (TPSA) is 68.1 Å². The summed E-state index contributed by atoms with van der Waals surface area (Å²) in [5, 5.41) is 3.97. The Morgan fingerprint density at radius 3 is 2.62 bits per heavy atom. The summed E-state index contributed by atoms with van der Waals surface area (Å²) in [6.45, 7) is 9.59. The first-order valence-electron chi connectivity index (χ1n) is 10.1. The Hall–Kier alpha value is -2.49. The predicted molar refractivity (Wildman–Crippen MR) is 135 cm³/mol. The van der Waals surface area contributed by atoms with Crippen LogP contribution in [-0.2, 0) is 17.6 Å². The lowest BCUT2D eigenvalue weighted by molar-refractivity contribution is -0.115. The first kappa shape index (κ1) is 22.7. The summed E-state index contributed by atoms with van der Waals surface area (Å²) in [7, 11) is 1.76. The maximum Gasteiger partial charge on any atom is 0.262 e. The molecule has 0 unspecified atom stereocenters. The van der Waals surface area contributed by atoms with Crippen LogP contribution >= 0.6 is 34.4 Å². The smallest absolute Gasteiger partial charge is 0.262 e. The molecule has 0 bridgehead atoms. The van der Waals surface area contributed by atoms with Gasteiger partial charge in [-0.25, -0.2) is 9.97 Å². The molecule has 32 heavy (non-hydrogen) atoms. The van der Waals surface area contributed by atoms with Crippen molar-refractivity contribution in [2.24, 2.45) is 7.05 Å². The minimum absolute atomic E-state index is 0.0176. The molecule has 0 atom stereocenters. The quantitative estimate of drug-likeness (QED) is 0.270. The number of benzene rings is 1. The molecular formula is C23H24N4O2S3. The van der Waals surface area contributed by atoms with Crippen molar-refractivity contribution in [2.45, 2.75) is 45.5 Å². The van der Waals surface area contributed by atoms with Gasteiger partial charge in [0, 0.05) is 30.0 Å². The number of rotatable bonds is 5. The summed E-state index contributed by atoms with van der Waals surface area (Å²) in [4.78, 5) is 38.3. The molecule has 0 saturated heterocycles. The van der Waals surface area contributed by atoms with Crippen molar-refractivity contribution in [3.05, 3.63) is 61.2 Å². The van der Waals surface area contributed by atoms with E-state index in [1.54, 1.807) is 34.8 Å². The number of aromatic nitrogens is 3. The number of thiazole rings is 1. The number of amides is 1. The van der Waals surface area contributed by atoms with Gasteiger partial charge in [0.1, 0.15) is 4.83 Å². The average molecular weight is 485 g/mol. The maximum absolute atomic E-state index is 12.8. The Labute approximate surface area is 199 Å². The van der Waals surface area contributed by atoms with Gasteiger partial charge in [-0.3, -0.25) is 19.1 Å². The first-order valence-corrected chi connectivity index (χ1v) is 12.8. The number of anilines is 2. The van der Waals surface area contributed by atoms with E-state index in [4.69, 9.17) is 9.97 Å². The molecule has 4 aromatic rings. The van der Waals surface area contributed by atoms with Gasteiger partial charge >= 0.3 is 0 Å². The van der Waals surface area contributed by atoms with Crippen molar-refractivity contribution in [1.82, 2.24) is 14.5 Å². The Kier molecular flexibility index (Phi) is 6.24. The summed E-state index contributed by atoms with van der Waals surface area (Å²) >= 11 is 4.47. The van der Waals surface area contributed by atoms with Crippen LogP contribution in [0.5, 0.6) is 0 Å². The normalized spacial score (nSPS) is 11.3.